The van der Waals surface area contributed by atoms with E-state index < -0.39 is 14.9 Å². The van der Waals surface area contributed by atoms with Gasteiger partial charge in [0.1, 0.15) is 0 Å². The minimum atomic E-state index is -3.81. The van der Waals surface area contributed by atoms with E-state index in [0.29, 0.717) is 19.5 Å². The molecule has 0 aromatic heterocycles. The number of rotatable bonds is 5. The van der Waals surface area contributed by atoms with Gasteiger partial charge >= 0.3 is 0 Å². The lowest BCUT2D eigenvalue weighted by atomic mass is 10.3. The van der Waals surface area contributed by atoms with Gasteiger partial charge in [0.2, 0.25) is 10.0 Å². The molecule has 1 fully saturated rings. The van der Waals surface area contributed by atoms with Crippen molar-refractivity contribution in [2.45, 2.75) is 24.3 Å². The molecule has 1 heterocycles. The summed E-state index contributed by atoms with van der Waals surface area (Å²) in [6.07, 6.45) is 0.716. The topological polar surface area (TPSA) is 92.6 Å². The number of para-hydroxylation sites is 1. The van der Waals surface area contributed by atoms with Gasteiger partial charge in [-0.15, -0.1) is 0 Å². The number of likely N-dealkylation sites (N-methyl/N-ethyl adjacent to an activating group) is 1. The highest BCUT2D eigenvalue weighted by Gasteiger charge is 2.35. The summed E-state index contributed by atoms with van der Waals surface area (Å²) < 4.78 is 26.3. The van der Waals surface area contributed by atoms with E-state index in [9.17, 15) is 18.5 Å². The number of nitro benzene ring substituents is 1. The van der Waals surface area contributed by atoms with Crippen molar-refractivity contribution in [3.63, 3.8) is 0 Å². The third-order valence-corrected chi connectivity index (χ3v) is 5.24. The molecule has 20 heavy (non-hydrogen) atoms. The van der Waals surface area contributed by atoms with Crippen LogP contribution in [0, 0.1) is 10.1 Å². The van der Waals surface area contributed by atoms with Crippen LogP contribution in [0.15, 0.2) is 29.2 Å². The van der Waals surface area contributed by atoms with Crippen LogP contribution in [0.5, 0.6) is 0 Å². The lowest BCUT2D eigenvalue weighted by molar-refractivity contribution is -0.387. The summed E-state index contributed by atoms with van der Waals surface area (Å²) in [5.74, 6) is 0. The van der Waals surface area contributed by atoms with Gasteiger partial charge in [0.15, 0.2) is 4.90 Å². The Kier molecular flexibility index (Phi) is 4.36. The molecule has 1 unspecified atom stereocenters. The van der Waals surface area contributed by atoms with Gasteiger partial charge in [-0.05, 0) is 19.0 Å². The van der Waals surface area contributed by atoms with Crippen LogP contribution < -0.4 is 5.32 Å². The summed E-state index contributed by atoms with van der Waals surface area (Å²) in [6.45, 7) is 3.46. The van der Waals surface area contributed by atoms with Gasteiger partial charge in [0, 0.05) is 25.2 Å². The lowest BCUT2D eigenvalue weighted by Crippen LogP contribution is -2.35. The van der Waals surface area contributed by atoms with E-state index in [4.69, 9.17) is 0 Å². The molecular formula is C12H17N3O4S. The average molecular weight is 299 g/mol. The number of benzene rings is 1. The number of hydrogen-bond donors (Lipinski definition) is 1. The Hall–Kier alpha value is -1.51. The minimum Gasteiger partial charge on any atom is -0.313 e. The zero-order valence-electron chi connectivity index (χ0n) is 11.2. The highest BCUT2D eigenvalue weighted by Crippen LogP contribution is 2.28. The average Bonchev–Trinajstić information content (AvgIpc) is 2.88. The largest absolute Gasteiger partial charge is 0.313 e. The molecule has 8 heteroatoms. The van der Waals surface area contributed by atoms with E-state index in [2.05, 4.69) is 5.32 Å². The molecule has 1 N–H and O–H groups in total. The molecule has 0 saturated carbocycles. The van der Waals surface area contributed by atoms with Crippen LogP contribution in [0.2, 0.25) is 0 Å². The molecule has 1 atom stereocenters. The van der Waals surface area contributed by atoms with Gasteiger partial charge < -0.3 is 5.32 Å². The van der Waals surface area contributed by atoms with Crippen LogP contribution in [0.4, 0.5) is 5.69 Å². The third-order valence-electron chi connectivity index (χ3n) is 3.32. The first kappa shape index (κ1) is 14.9. The van der Waals surface area contributed by atoms with Crippen LogP contribution in [0.25, 0.3) is 0 Å². The molecule has 1 saturated heterocycles. The fourth-order valence-corrected chi connectivity index (χ4v) is 4.02. The van der Waals surface area contributed by atoms with Gasteiger partial charge in [0.05, 0.1) is 4.92 Å². The molecule has 1 aromatic rings. The number of sulfonamides is 1. The standard InChI is InChI=1S/C12H17N3O4S/c1-2-13-10-7-8-14(9-10)20(18,19)12-6-4-3-5-11(12)15(16)17/h3-6,10,13H,2,7-9H2,1H3. The summed E-state index contributed by atoms with van der Waals surface area (Å²) in [6, 6.07) is 5.57. The molecule has 1 aliphatic heterocycles. The molecule has 7 nitrogen and oxygen atoms in total. The molecule has 0 radical (unpaired) electrons. The van der Waals surface area contributed by atoms with Crippen molar-refractivity contribution < 1.29 is 13.3 Å². The van der Waals surface area contributed by atoms with Gasteiger partial charge in [-0.25, -0.2) is 8.42 Å². The van der Waals surface area contributed by atoms with Gasteiger partial charge in [-0.1, -0.05) is 19.1 Å². The van der Waals surface area contributed by atoms with Crippen molar-refractivity contribution in [1.29, 1.82) is 0 Å². The van der Waals surface area contributed by atoms with E-state index in [0.717, 1.165) is 6.54 Å². The van der Waals surface area contributed by atoms with Crippen LogP contribution in [0.1, 0.15) is 13.3 Å². The first-order chi connectivity index (χ1) is 9.46. The highest BCUT2D eigenvalue weighted by atomic mass is 32.2. The van der Waals surface area contributed by atoms with Gasteiger partial charge in [-0.3, -0.25) is 10.1 Å². The molecule has 110 valence electrons. The zero-order valence-corrected chi connectivity index (χ0v) is 12.0. The third kappa shape index (κ3) is 2.82. The molecular weight excluding hydrogens is 282 g/mol. The molecule has 0 spiro atoms. The Morgan fingerprint density at radius 3 is 2.80 bits per heavy atom. The smallest absolute Gasteiger partial charge is 0.289 e. The molecule has 1 aromatic carbocycles. The Bertz CT molecular complexity index is 602. The SMILES string of the molecule is CCNC1CCN(S(=O)(=O)c2ccccc2[N+](=O)[O-])C1. The van der Waals surface area contributed by atoms with Crippen molar-refractivity contribution >= 4 is 15.7 Å². The van der Waals surface area contributed by atoms with Crippen LogP contribution >= 0.6 is 0 Å². The number of nitrogens with one attached hydrogen (secondary N) is 1. The van der Waals surface area contributed by atoms with Crippen LogP contribution in [0.3, 0.4) is 0 Å². The molecule has 2 rings (SSSR count). The Balaban J connectivity index is 2.30. The summed E-state index contributed by atoms with van der Waals surface area (Å²) in [5.41, 5.74) is -0.376. The maximum atomic E-state index is 12.5. The molecule has 0 aliphatic carbocycles. The first-order valence-electron chi connectivity index (χ1n) is 6.43. The summed E-state index contributed by atoms with van der Waals surface area (Å²) in [4.78, 5) is 10.1. The van der Waals surface area contributed by atoms with Crippen LogP contribution in [-0.2, 0) is 10.0 Å². The Labute approximate surface area is 117 Å². The quantitative estimate of drug-likeness (QED) is 0.646. The predicted molar refractivity (Wildman–Crippen MR) is 73.9 cm³/mol. The van der Waals surface area contributed by atoms with E-state index in [1.807, 2.05) is 6.92 Å². The fourth-order valence-electron chi connectivity index (χ4n) is 2.37. The van der Waals surface area contributed by atoms with Crippen molar-refractivity contribution in [3.8, 4) is 0 Å². The van der Waals surface area contributed by atoms with E-state index in [1.165, 1.54) is 28.6 Å². The minimum absolute atomic E-state index is 0.109. The highest BCUT2D eigenvalue weighted by molar-refractivity contribution is 7.89. The second-order valence-corrected chi connectivity index (χ2v) is 6.54. The fraction of sp³-hybridized carbons (Fsp3) is 0.500. The maximum Gasteiger partial charge on any atom is 0.289 e. The maximum absolute atomic E-state index is 12.5. The van der Waals surface area contributed by atoms with Crippen molar-refractivity contribution in [3.05, 3.63) is 34.4 Å². The summed E-state index contributed by atoms with van der Waals surface area (Å²) in [5, 5.41) is 14.2. The molecule has 1 aliphatic rings. The van der Waals surface area contributed by atoms with Gasteiger partial charge in [-0.2, -0.15) is 4.31 Å². The first-order valence-corrected chi connectivity index (χ1v) is 7.87. The lowest BCUT2D eigenvalue weighted by Gasteiger charge is -2.16. The van der Waals surface area contributed by atoms with Gasteiger partial charge in [0.25, 0.3) is 5.69 Å². The predicted octanol–water partition coefficient (Wildman–Crippen LogP) is 0.967. The monoisotopic (exact) mass is 299 g/mol. The van der Waals surface area contributed by atoms with E-state index in [1.54, 1.807) is 0 Å². The van der Waals surface area contributed by atoms with E-state index >= 15 is 0 Å². The molecule has 0 amide bonds. The number of hydrogen-bond acceptors (Lipinski definition) is 5. The Morgan fingerprint density at radius 2 is 2.15 bits per heavy atom. The molecule has 0 bridgehead atoms. The van der Waals surface area contributed by atoms with Crippen molar-refractivity contribution in [2.75, 3.05) is 19.6 Å². The number of nitrogens with zero attached hydrogens (tertiary/aromatic N) is 2. The van der Waals surface area contributed by atoms with Crippen molar-refractivity contribution in [2.24, 2.45) is 0 Å². The normalized spacial score (nSPS) is 20.1. The number of nitro groups is 1. The van der Waals surface area contributed by atoms with E-state index in [-0.39, 0.29) is 16.6 Å². The second-order valence-electron chi connectivity index (χ2n) is 4.63. The second kappa shape index (κ2) is 5.86. The Morgan fingerprint density at radius 1 is 1.45 bits per heavy atom. The van der Waals surface area contributed by atoms with Crippen LogP contribution in [-0.4, -0.2) is 43.3 Å². The van der Waals surface area contributed by atoms with Crippen molar-refractivity contribution in [1.82, 2.24) is 9.62 Å². The summed E-state index contributed by atoms with van der Waals surface area (Å²) >= 11 is 0. The zero-order chi connectivity index (χ0) is 14.8. The summed E-state index contributed by atoms with van der Waals surface area (Å²) in [7, 11) is -3.81.